The van der Waals surface area contributed by atoms with Gasteiger partial charge in [0.1, 0.15) is 5.75 Å². The molecule has 0 fully saturated rings. The minimum atomic E-state index is 0.544. The molecule has 0 spiro atoms. The fraction of sp³-hybridized carbons (Fsp3) is 0.133. The molecule has 3 aromatic rings. The van der Waals surface area contributed by atoms with Crippen molar-refractivity contribution in [1.29, 1.82) is 0 Å². The lowest BCUT2D eigenvalue weighted by molar-refractivity contribution is 0.414. The monoisotopic (exact) mass is 253 g/mol. The molecule has 0 radical (unpaired) electrons. The van der Waals surface area contributed by atoms with Crippen molar-refractivity contribution in [2.24, 2.45) is 0 Å². The number of aromatic amines is 1. The van der Waals surface area contributed by atoms with E-state index in [-0.39, 0.29) is 0 Å². The summed E-state index contributed by atoms with van der Waals surface area (Å²) in [4.78, 5) is 0. The van der Waals surface area contributed by atoms with Crippen molar-refractivity contribution in [3.63, 3.8) is 0 Å². The zero-order valence-corrected chi connectivity index (χ0v) is 10.7. The van der Waals surface area contributed by atoms with Crippen LogP contribution < -0.4 is 10.5 Å². The van der Waals surface area contributed by atoms with Gasteiger partial charge in [0.05, 0.1) is 12.6 Å². The summed E-state index contributed by atoms with van der Waals surface area (Å²) in [6.07, 6.45) is 0.845. The van der Waals surface area contributed by atoms with E-state index < -0.39 is 0 Å². The lowest BCUT2D eigenvalue weighted by atomic mass is 10.0. The molecule has 0 amide bonds. The number of H-pyrrole nitrogens is 1. The SMILES string of the molecule is COc1cccc(Cc2ccc3[nH]nc(N)c3c2)c1. The van der Waals surface area contributed by atoms with Crippen LogP contribution in [0.15, 0.2) is 42.5 Å². The number of ether oxygens (including phenoxy) is 1. The zero-order chi connectivity index (χ0) is 13.2. The third-order valence-electron chi connectivity index (χ3n) is 3.20. The summed E-state index contributed by atoms with van der Waals surface area (Å²) in [5, 5.41) is 7.88. The van der Waals surface area contributed by atoms with Gasteiger partial charge in [-0.05, 0) is 41.8 Å². The fourth-order valence-corrected chi connectivity index (χ4v) is 2.21. The van der Waals surface area contributed by atoms with Crippen molar-refractivity contribution in [1.82, 2.24) is 10.2 Å². The minimum absolute atomic E-state index is 0.544. The molecule has 0 unspecified atom stereocenters. The summed E-state index contributed by atoms with van der Waals surface area (Å²) in [7, 11) is 1.68. The van der Waals surface area contributed by atoms with Crippen molar-refractivity contribution in [2.75, 3.05) is 12.8 Å². The lowest BCUT2D eigenvalue weighted by Crippen LogP contribution is -1.90. The molecule has 4 heteroatoms. The van der Waals surface area contributed by atoms with E-state index in [9.17, 15) is 0 Å². The van der Waals surface area contributed by atoms with Crippen LogP contribution in [-0.2, 0) is 6.42 Å². The van der Waals surface area contributed by atoms with Gasteiger partial charge in [0.15, 0.2) is 5.82 Å². The molecule has 0 saturated heterocycles. The molecule has 0 saturated carbocycles. The van der Waals surface area contributed by atoms with Crippen LogP contribution in [0.4, 0.5) is 5.82 Å². The van der Waals surface area contributed by atoms with E-state index in [2.05, 4.69) is 28.4 Å². The Balaban J connectivity index is 1.93. The highest BCUT2D eigenvalue weighted by molar-refractivity contribution is 5.89. The fourth-order valence-electron chi connectivity index (χ4n) is 2.21. The topological polar surface area (TPSA) is 63.9 Å². The molecule has 2 aromatic carbocycles. The summed E-state index contributed by atoms with van der Waals surface area (Å²) in [5.74, 6) is 1.42. The summed E-state index contributed by atoms with van der Waals surface area (Å²) < 4.78 is 5.23. The second-order valence-electron chi connectivity index (χ2n) is 4.52. The van der Waals surface area contributed by atoms with Gasteiger partial charge in [-0.25, -0.2) is 0 Å². The molecule has 96 valence electrons. The van der Waals surface area contributed by atoms with Crippen LogP contribution in [0.5, 0.6) is 5.75 Å². The number of nitrogens with two attached hydrogens (primary N) is 1. The molecule has 19 heavy (non-hydrogen) atoms. The first-order chi connectivity index (χ1) is 9.26. The average molecular weight is 253 g/mol. The van der Waals surface area contributed by atoms with E-state index >= 15 is 0 Å². The molecule has 3 N–H and O–H groups in total. The Bertz CT molecular complexity index is 718. The minimum Gasteiger partial charge on any atom is -0.497 e. The van der Waals surface area contributed by atoms with Gasteiger partial charge in [-0.1, -0.05) is 18.2 Å². The Morgan fingerprint density at radius 3 is 2.84 bits per heavy atom. The van der Waals surface area contributed by atoms with Crippen molar-refractivity contribution in [3.8, 4) is 5.75 Å². The third-order valence-corrected chi connectivity index (χ3v) is 3.20. The molecule has 1 aromatic heterocycles. The van der Waals surface area contributed by atoms with Crippen LogP contribution in [0.1, 0.15) is 11.1 Å². The average Bonchev–Trinajstić information content (AvgIpc) is 2.80. The van der Waals surface area contributed by atoms with E-state index in [1.807, 2.05) is 24.3 Å². The molecular weight excluding hydrogens is 238 g/mol. The molecule has 4 nitrogen and oxygen atoms in total. The number of fused-ring (bicyclic) bond motifs is 1. The molecule has 0 bridgehead atoms. The number of rotatable bonds is 3. The number of anilines is 1. The van der Waals surface area contributed by atoms with E-state index in [0.29, 0.717) is 5.82 Å². The molecule has 0 atom stereocenters. The largest absolute Gasteiger partial charge is 0.497 e. The summed E-state index contributed by atoms with van der Waals surface area (Å²) in [6.45, 7) is 0. The molecule has 0 aliphatic carbocycles. The van der Waals surface area contributed by atoms with E-state index in [4.69, 9.17) is 10.5 Å². The van der Waals surface area contributed by atoms with Gasteiger partial charge in [-0.15, -0.1) is 0 Å². The number of nitrogens with one attached hydrogen (secondary N) is 1. The van der Waals surface area contributed by atoms with Crippen LogP contribution >= 0.6 is 0 Å². The number of hydrogen-bond donors (Lipinski definition) is 2. The van der Waals surface area contributed by atoms with Crippen LogP contribution in [0.3, 0.4) is 0 Å². The van der Waals surface area contributed by atoms with E-state index in [0.717, 1.165) is 23.1 Å². The van der Waals surface area contributed by atoms with Crippen LogP contribution in [0.25, 0.3) is 10.9 Å². The quantitative estimate of drug-likeness (QED) is 0.754. The number of nitrogens with zero attached hydrogens (tertiary/aromatic N) is 1. The standard InChI is InChI=1S/C15H15N3O/c1-19-12-4-2-3-10(8-12)7-11-5-6-14-13(9-11)15(16)18-17-14/h2-6,8-9H,7H2,1H3,(H3,16,17,18). The molecular formula is C15H15N3O. The maximum absolute atomic E-state index is 5.82. The van der Waals surface area contributed by atoms with Gasteiger partial charge in [-0.2, -0.15) is 5.10 Å². The Morgan fingerprint density at radius 1 is 1.16 bits per heavy atom. The second kappa shape index (κ2) is 4.65. The summed E-state index contributed by atoms with van der Waals surface area (Å²) in [5.41, 5.74) is 9.20. The Morgan fingerprint density at radius 2 is 2.00 bits per heavy atom. The second-order valence-corrected chi connectivity index (χ2v) is 4.52. The van der Waals surface area contributed by atoms with Gasteiger partial charge < -0.3 is 10.5 Å². The normalized spacial score (nSPS) is 10.8. The Hall–Kier alpha value is -2.49. The third kappa shape index (κ3) is 2.25. The van der Waals surface area contributed by atoms with Gasteiger partial charge in [0.2, 0.25) is 0 Å². The summed E-state index contributed by atoms with van der Waals surface area (Å²) in [6, 6.07) is 14.2. The first-order valence-corrected chi connectivity index (χ1v) is 6.11. The maximum Gasteiger partial charge on any atom is 0.153 e. The maximum atomic E-state index is 5.82. The highest BCUT2D eigenvalue weighted by atomic mass is 16.5. The van der Waals surface area contributed by atoms with Crippen molar-refractivity contribution in [3.05, 3.63) is 53.6 Å². The van der Waals surface area contributed by atoms with Crippen molar-refractivity contribution in [2.45, 2.75) is 6.42 Å². The number of hydrogen-bond acceptors (Lipinski definition) is 3. The molecule has 0 aliphatic heterocycles. The molecule has 1 heterocycles. The smallest absolute Gasteiger partial charge is 0.153 e. The number of nitrogen functional groups attached to an aromatic ring is 1. The highest BCUT2D eigenvalue weighted by Crippen LogP contribution is 2.22. The number of aromatic nitrogens is 2. The van der Waals surface area contributed by atoms with Crippen LogP contribution in [0, 0.1) is 0 Å². The number of methoxy groups -OCH3 is 1. The van der Waals surface area contributed by atoms with E-state index in [1.54, 1.807) is 7.11 Å². The first-order valence-electron chi connectivity index (χ1n) is 6.11. The predicted octanol–water partition coefficient (Wildman–Crippen LogP) is 2.74. The Kier molecular flexibility index (Phi) is 2.83. The first kappa shape index (κ1) is 11.6. The predicted molar refractivity (Wildman–Crippen MR) is 76.3 cm³/mol. The molecule has 3 rings (SSSR count). The lowest BCUT2D eigenvalue weighted by Gasteiger charge is -2.05. The van der Waals surface area contributed by atoms with Gasteiger partial charge in [0, 0.05) is 5.39 Å². The van der Waals surface area contributed by atoms with Crippen molar-refractivity contribution < 1.29 is 4.74 Å². The summed E-state index contributed by atoms with van der Waals surface area (Å²) >= 11 is 0. The van der Waals surface area contributed by atoms with Gasteiger partial charge >= 0.3 is 0 Å². The van der Waals surface area contributed by atoms with E-state index in [1.165, 1.54) is 11.1 Å². The molecule has 0 aliphatic rings. The van der Waals surface area contributed by atoms with Gasteiger partial charge in [0.25, 0.3) is 0 Å². The van der Waals surface area contributed by atoms with Crippen molar-refractivity contribution >= 4 is 16.7 Å². The van der Waals surface area contributed by atoms with Crippen LogP contribution in [-0.4, -0.2) is 17.3 Å². The highest BCUT2D eigenvalue weighted by Gasteiger charge is 2.04. The Labute approximate surface area is 111 Å². The number of benzene rings is 2. The van der Waals surface area contributed by atoms with Gasteiger partial charge in [-0.3, -0.25) is 5.10 Å². The van der Waals surface area contributed by atoms with Crippen LogP contribution in [0.2, 0.25) is 0 Å². The zero-order valence-electron chi connectivity index (χ0n) is 10.7.